The minimum absolute atomic E-state index is 0.185. The third kappa shape index (κ3) is 3.92. The van der Waals surface area contributed by atoms with Crippen molar-refractivity contribution >= 4 is 53.6 Å². The molecule has 4 heteroatoms. The molecule has 0 aromatic heterocycles. The molecule has 0 saturated heterocycles. The van der Waals surface area contributed by atoms with E-state index < -0.39 is 0 Å². The zero-order valence-electron chi connectivity index (χ0n) is 6.69. The first-order chi connectivity index (χ1) is 6.11. The third-order valence-corrected chi connectivity index (χ3v) is 3.01. The van der Waals surface area contributed by atoms with Crippen molar-refractivity contribution < 1.29 is 4.79 Å². The van der Waals surface area contributed by atoms with Crippen molar-refractivity contribution in [1.29, 1.82) is 0 Å². The van der Waals surface area contributed by atoms with Gasteiger partial charge in [0.05, 0.1) is 5.33 Å². The van der Waals surface area contributed by atoms with E-state index in [-0.39, 0.29) is 5.78 Å². The monoisotopic (exact) mass is 368 g/mol. The lowest BCUT2D eigenvalue weighted by molar-refractivity contribution is -0.115. The minimum atomic E-state index is 0.185. The van der Waals surface area contributed by atoms with Crippen molar-refractivity contribution in [3.63, 3.8) is 0 Å². The van der Waals surface area contributed by atoms with E-state index in [9.17, 15) is 4.79 Å². The maximum absolute atomic E-state index is 11.1. The molecule has 1 aromatic carbocycles. The Labute approximate surface area is 102 Å². The van der Waals surface area contributed by atoms with Gasteiger partial charge in [-0.15, -0.1) is 0 Å². The molecule has 1 rings (SSSR count). The van der Waals surface area contributed by atoms with Crippen molar-refractivity contribution in [2.45, 2.75) is 6.42 Å². The van der Waals surface area contributed by atoms with Crippen LogP contribution < -0.4 is 0 Å². The molecule has 0 fully saturated rings. The van der Waals surface area contributed by atoms with Gasteiger partial charge in [-0.05, 0) is 23.8 Å². The number of halogens is 3. The summed E-state index contributed by atoms with van der Waals surface area (Å²) in [7, 11) is 0. The van der Waals surface area contributed by atoms with Crippen molar-refractivity contribution in [3.8, 4) is 0 Å². The molecule has 0 atom stereocenters. The Morgan fingerprint density at radius 1 is 1.15 bits per heavy atom. The molecule has 0 aliphatic rings. The molecule has 1 aromatic rings. The topological polar surface area (TPSA) is 17.1 Å². The lowest BCUT2D eigenvalue weighted by Crippen LogP contribution is -2.03. The van der Waals surface area contributed by atoms with Crippen LogP contribution in [-0.4, -0.2) is 11.1 Å². The zero-order valence-corrected chi connectivity index (χ0v) is 11.4. The molecular formula is C9H7Br3O. The number of alkyl halides is 1. The van der Waals surface area contributed by atoms with Crippen LogP contribution >= 0.6 is 47.8 Å². The van der Waals surface area contributed by atoms with Gasteiger partial charge in [0.2, 0.25) is 0 Å². The highest BCUT2D eigenvalue weighted by atomic mass is 79.9. The second-order valence-electron chi connectivity index (χ2n) is 2.63. The average Bonchev–Trinajstić information content (AvgIpc) is 2.02. The second kappa shape index (κ2) is 5.27. The van der Waals surface area contributed by atoms with Crippen LogP contribution in [0.3, 0.4) is 0 Å². The number of benzene rings is 1. The van der Waals surface area contributed by atoms with E-state index >= 15 is 0 Å². The number of carbonyl (C=O) groups excluding carboxylic acids is 1. The molecule has 0 aliphatic heterocycles. The molecule has 0 spiro atoms. The van der Waals surface area contributed by atoms with Crippen LogP contribution in [0.25, 0.3) is 0 Å². The Morgan fingerprint density at radius 2 is 1.69 bits per heavy atom. The van der Waals surface area contributed by atoms with Gasteiger partial charge in [-0.1, -0.05) is 47.8 Å². The molecule has 0 unspecified atom stereocenters. The largest absolute Gasteiger partial charge is 0.298 e. The van der Waals surface area contributed by atoms with Crippen LogP contribution in [0.5, 0.6) is 0 Å². The van der Waals surface area contributed by atoms with E-state index in [0.717, 1.165) is 14.5 Å². The highest BCUT2D eigenvalue weighted by Crippen LogP contribution is 2.20. The molecule has 0 bridgehead atoms. The number of ketones is 1. The highest BCUT2D eigenvalue weighted by molar-refractivity contribution is 9.11. The van der Waals surface area contributed by atoms with Crippen LogP contribution in [0, 0.1) is 0 Å². The van der Waals surface area contributed by atoms with Crippen molar-refractivity contribution in [1.82, 2.24) is 0 Å². The van der Waals surface area contributed by atoms with E-state index in [4.69, 9.17) is 0 Å². The smallest absolute Gasteiger partial charge is 0.147 e. The van der Waals surface area contributed by atoms with Gasteiger partial charge in [-0.3, -0.25) is 4.79 Å². The quantitative estimate of drug-likeness (QED) is 0.741. The molecule has 0 radical (unpaired) electrons. The number of hydrogen-bond donors (Lipinski definition) is 0. The van der Waals surface area contributed by atoms with Gasteiger partial charge in [-0.25, -0.2) is 0 Å². The normalized spacial score (nSPS) is 10.1. The van der Waals surface area contributed by atoms with Crippen LogP contribution in [0.4, 0.5) is 0 Å². The summed E-state index contributed by atoms with van der Waals surface area (Å²) in [6.07, 6.45) is 0.475. The number of carbonyl (C=O) groups is 1. The van der Waals surface area contributed by atoms with Crippen LogP contribution in [0.1, 0.15) is 5.56 Å². The molecule has 0 heterocycles. The molecule has 70 valence electrons. The SMILES string of the molecule is O=C(CBr)Cc1cc(Br)cc(Br)c1. The lowest BCUT2D eigenvalue weighted by Gasteiger charge is -2.00. The second-order valence-corrected chi connectivity index (χ2v) is 5.02. The number of hydrogen-bond acceptors (Lipinski definition) is 1. The van der Waals surface area contributed by atoms with Crippen molar-refractivity contribution in [2.75, 3.05) is 5.33 Å². The van der Waals surface area contributed by atoms with Gasteiger partial charge in [0, 0.05) is 15.4 Å². The van der Waals surface area contributed by atoms with Crippen LogP contribution in [-0.2, 0) is 11.2 Å². The average molecular weight is 371 g/mol. The summed E-state index contributed by atoms with van der Waals surface area (Å²) in [6, 6.07) is 5.85. The predicted molar refractivity (Wildman–Crippen MR) is 64.3 cm³/mol. The van der Waals surface area contributed by atoms with Gasteiger partial charge in [0.25, 0.3) is 0 Å². The molecule has 0 amide bonds. The summed E-state index contributed by atoms with van der Waals surface area (Å²) in [4.78, 5) is 11.1. The first-order valence-corrected chi connectivity index (χ1v) is 6.35. The molecular weight excluding hydrogens is 364 g/mol. The van der Waals surface area contributed by atoms with E-state index in [1.807, 2.05) is 18.2 Å². The summed E-state index contributed by atoms with van der Waals surface area (Å²) >= 11 is 9.88. The molecule has 0 aliphatic carbocycles. The van der Waals surface area contributed by atoms with Crippen molar-refractivity contribution in [3.05, 3.63) is 32.7 Å². The molecule has 0 N–H and O–H groups in total. The Bertz CT molecular complexity index is 302. The van der Waals surface area contributed by atoms with Gasteiger partial charge in [0.1, 0.15) is 5.78 Å². The standard InChI is InChI=1S/C9H7Br3O/c10-5-9(13)3-6-1-7(11)4-8(12)2-6/h1-2,4H,3,5H2. The van der Waals surface area contributed by atoms with E-state index in [2.05, 4.69) is 47.8 Å². The maximum Gasteiger partial charge on any atom is 0.147 e. The van der Waals surface area contributed by atoms with E-state index in [1.54, 1.807) is 0 Å². The predicted octanol–water partition coefficient (Wildman–Crippen LogP) is 3.72. The Morgan fingerprint density at radius 3 is 2.15 bits per heavy atom. The molecule has 13 heavy (non-hydrogen) atoms. The zero-order chi connectivity index (χ0) is 9.84. The van der Waals surface area contributed by atoms with Crippen LogP contribution in [0.15, 0.2) is 27.1 Å². The summed E-state index contributed by atoms with van der Waals surface area (Å²) in [5.41, 5.74) is 1.02. The first kappa shape index (κ1) is 11.4. The van der Waals surface area contributed by atoms with Gasteiger partial charge in [-0.2, -0.15) is 0 Å². The Kier molecular flexibility index (Phi) is 4.62. The number of Topliss-reactive ketones (excluding diaryl/α,β-unsaturated/α-hetero) is 1. The van der Waals surface area contributed by atoms with Gasteiger partial charge in [0.15, 0.2) is 0 Å². The minimum Gasteiger partial charge on any atom is -0.298 e. The maximum atomic E-state index is 11.1. The van der Waals surface area contributed by atoms with Gasteiger partial charge < -0.3 is 0 Å². The summed E-state index contributed by atoms with van der Waals surface area (Å²) < 4.78 is 1.97. The summed E-state index contributed by atoms with van der Waals surface area (Å²) in [5.74, 6) is 0.185. The van der Waals surface area contributed by atoms with Crippen molar-refractivity contribution in [2.24, 2.45) is 0 Å². The fraction of sp³-hybridized carbons (Fsp3) is 0.222. The Hall–Kier alpha value is 0.330. The lowest BCUT2D eigenvalue weighted by atomic mass is 10.1. The summed E-state index contributed by atoms with van der Waals surface area (Å²) in [6.45, 7) is 0. The molecule has 1 nitrogen and oxygen atoms in total. The highest BCUT2D eigenvalue weighted by Gasteiger charge is 2.03. The first-order valence-electron chi connectivity index (χ1n) is 3.64. The van der Waals surface area contributed by atoms with E-state index in [0.29, 0.717) is 11.8 Å². The molecule has 0 saturated carbocycles. The Balaban J connectivity index is 2.83. The fourth-order valence-electron chi connectivity index (χ4n) is 0.988. The third-order valence-electron chi connectivity index (χ3n) is 1.47. The number of rotatable bonds is 3. The van der Waals surface area contributed by atoms with Crippen LogP contribution in [0.2, 0.25) is 0 Å². The summed E-state index contributed by atoms with van der Waals surface area (Å²) in [5, 5.41) is 0.414. The van der Waals surface area contributed by atoms with Gasteiger partial charge >= 0.3 is 0 Å². The van der Waals surface area contributed by atoms with E-state index in [1.165, 1.54) is 0 Å². The fourth-order valence-corrected chi connectivity index (χ4v) is 2.57.